The lowest BCUT2D eigenvalue weighted by molar-refractivity contribution is 0.203. The molecule has 1 aliphatic carbocycles. The number of hydrogen-bond acceptors (Lipinski definition) is 6. The van der Waals surface area contributed by atoms with Crippen molar-refractivity contribution in [1.29, 1.82) is 0 Å². The summed E-state index contributed by atoms with van der Waals surface area (Å²) >= 11 is 1.62. The summed E-state index contributed by atoms with van der Waals surface area (Å²) in [6.07, 6.45) is 4.38. The number of aliphatic hydroxyl groups is 1. The van der Waals surface area contributed by atoms with Gasteiger partial charge >= 0.3 is 0 Å². The molecule has 2 aromatic heterocycles. The molecule has 0 spiro atoms. The van der Waals surface area contributed by atoms with E-state index in [2.05, 4.69) is 15.0 Å². The molecule has 2 aromatic rings. The molecule has 6 heteroatoms. The first-order chi connectivity index (χ1) is 9.86. The summed E-state index contributed by atoms with van der Waals surface area (Å²) in [5.74, 6) is 1.37. The molecule has 0 aromatic carbocycles. The Labute approximate surface area is 122 Å². The molecule has 3 rings (SSSR count). The molecule has 0 atom stereocenters. The van der Waals surface area contributed by atoms with Crippen LogP contribution >= 0.6 is 11.3 Å². The maximum absolute atomic E-state index is 8.87. The molecule has 0 amide bonds. The van der Waals surface area contributed by atoms with Gasteiger partial charge in [-0.15, -0.1) is 11.3 Å². The van der Waals surface area contributed by atoms with Crippen molar-refractivity contribution in [2.24, 2.45) is 0 Å². The minimum Gasteiger partial charge on any atom is -0.396 e. The van der Waals surface area contributed by atoms with Crippen LogP contribution in [0.5, 0.6) is 0 Å². The van der Waals surface area contributed by atoms with Gasteiger partial charge < -0.3 is 9.63 Å². The Hall–Kier alpha value is -1.24. The largest absolute Gasteiger partial charge is 0.396 e. The summed E-state index contributed by atoms with van der Waals surface area (Å²) in [4.78, 5) is 7.90. The molecule has 1 saturated carbocycles. The van der Waals surface area contributed by atoms with Crippen molar-refractivity contribution in [2.45, 2.75) is 38.3 Å². The normalized spacial score (nSPS) is 15.1. The van der Waals surface area contributed by atoms with Crippen LogP contribution in [0.3, 0.4) is 0 Å². The van der Waals surface area contributed by atoms with Crippen LogP contribution in [0.1, 0.15) is 31.6 Å². The van der Waals surface area contributed by atoms with Gasteiger partial charge in [0.1, 0.15) is 0 Å². The third kappa shape index (κ3) is 3.45. The van der Waals surface area contributed by atoms with Gasteiger partial charge in [-0.1, -0.05) is 11.2 Å². The molecule has 0 saturated heterocycles. The topological polar surface area (TPSA) is 62.4 Å². The number of thiophene rings is 1. The van der Waals surface area contributed by atoms with Gasteiger partial charge in [0.25, 0.3) is 0 Å². The van der Waals surface area contributed by atoms with Gasteiger partial charge in [0.05, 0.1) is 11.4 Å². The van der Waals surface area contributed by atoms with Crippen molar-refractivity contribution in [3.05, 3.63) is 23.4 Å². The average molecular weight is 293 g/mol. The van der Waals surface area contributed by atoms with E-state index in [1.807, 2.05) is 17.5 Å². The molecule has 0 radical (unpaired) electrons. The number of nitrogens with zero attached hydrogens (tertiary/aromatic N) is 3. The zero-order valence-electron chi connectivity index (χ0n) is 11.4. The maximum Gasteiger partial charge on any atom is 0.241 e. The van der Waals surface area contributed by atoms with Gasteiger partial charge in [0.2, 0.25) is 11.7 Å². The molecule has 1 fully saturated rings. The molecule has 1 N–H and O–H groups in total. The van der Waals surface area contributed by atoms with E-state index in [4.69, 9.17) is 9.63 Å². The third-order valence-electron chi connectivity index (χ3n) is 3.46. The van der Waals surface area contributed by atoms with Gasteiger partial charge in [-0.25, -0.2) is 0 Å². The van der Waals surface area contributed by atoms with E-state index in [0.29, 0.717) is 24.3 Å². The SMILES string of the molecule is OCCCCN(Cc1nc(-c2cccs2)no1)C1CC1. The maximum atomic E-state index is 8.87. The minimum absolute atomic E-state index is 0.265. The first-order valence-electron chi connectivity index (χ1n) is 7.08. The molecule has 108 valence electrons. The Morgan fingerprint density at radius 3 is 3.00 bits per heavy atom. The summed E-state index contributed by atoms with van der Waals surface area (Å²) in [6.45, 7) is 1.97. The first-order valence-corrected chi connectivity index (χ1v) is 7.96. The van der Waals surface area contributed by atoms with Crippen LogP contribution < -0.4 is 0 Å². The summed E-state index contributed by atoms with van der Waals surface area (Å²) < 4.78 is 5.36. The van der Waals surface area contributed by atoms with Crippen LogP contribution in [0, 0.1) is 0 Å². The zero-order valence-corrected chi connectivity index (χ0v) is 12.2. The lowest BCUT2D eigenvalue weighted by Crippen LogP contribution is -2.27. The van der Waals surface area contributed by atoms with E-state index in [0.717, 1.165) is 24.3 Å². The highest BCUT2D eigenvalue weighted by Crippen LogP contribution is 2.29. The number of aromatic nitrogens is 2. The van der Waals surface area contributed by atoms with E-state index in [9.17, 15) is 0 Å². The Kier molecular flexibility index (Phi) is 4.44. The predicted octanol–water partition coefficient (Wildman–Crippen LogP) is 2.54. The van der Waals surface area contributed by atoms with Crippen molar-refractivity contribution in [3.63, 3.8) is 0 Å². The zero-order chi connectivity index (χ0) is 13.8. The molecule has 0 bridgehead atoms. The Morgan fingerprint density at radius 1 is 1.40 bits per heavy atom. The summed E-state index contributed by atoms with van der Waals surface area (Å²) in [6, 6.07) is 4.64. The predicted molar refractivity (Wildman–Crippen MR) is 77.4 cm³/mol. The van der Waals surface area contributed by atoms with Crippen LogP contribution in [0.15, 0.2) is 22.0 Å². The number of rotatable bonds is 8. The van der Waals surface area contributed by atoms with Crippen molar-refractivity contribution < 1.29 is 9.63 Å². The molecular weight excluding hydrogens is 274 g/mol. The first kappa shape index (κ1) is 13.7. The highest BCUT2D eigenvalue weighted by atomic mass is 32.1. The van der Waals surface area contributed by atoms with E-state index in [1.54, 1.807) is 11.3 Å². The summed E-state index contributed by atoms with van der Waals surface area (Å²) in [7, 11) is 0. The van der Waals surface area contributed by atoms with Crippen molar-refractivity contribution in [2.75, 3.05) is 13.2 Å². The second kappa shape index (κ2) is 6.47. The Balaban J connectivity index is 1.60. The fourth-order valence-electron chi connectivity index (χ4n) is 2.26. The monoisotopic (exact) mass is 293 g/mol. The Bertz CT molecular complexity index is 522. The highest BCUT2D eigenvalue weighted by Gasteiger charge is 2.29. The van der Waals surface area contributed by atoms with E-state index < -0.39 is 0 Å². The number of unbranched alkanes of at least 4 members (excludes halogenated alkanes) is 1. The molecule has 1 aliphatic rings. The highest BCUT2D eigenvalue weighted by molar-refractivity contribution is 7.13. The smallest absolute Gasteiger partial charge is 0.241 e. The molecule has 2 heterocycles. The quantitative estimate of drug-likeness (QED) is 0.758. The van der Waals surface area contributed by atoms with Crippen LogP contribution in [0.2, 0.25) is 0 Å². The van der Waals surface area contributed by atoms with Crippen LogP contribution in [0.4, 0.5) is 0 Å². The van der Waals surface area contributed by atoms with E-state index in [1.165, 1.54) is 12.8 Å². The second-order valence-corrected chi connectivity index (χ2v) is 6.07. The molecule has 0 unspecified atom stereocenters. The van der Waals surface area contributed by atoms with Crippen molar-refractivity contribution >= 4 is 11.3 Å². The van der Waals surface area contributed by atoms with Gasteiger partial charge in [-0.05, 0) is 43.7 Å². The molecule has 20 heavy (non-hydrogen) atoms. The number of hydrogen-bond donors (Lipinski definition) is 1. The standard InChI is InChI=1S/C14H19N3O2S/c18-8-2-1-7-17(11-5-6-11)10-13-15-14(16-19-13)12-4-3-9-20-12/h3-4,9,11,18H,1-2,5-8,10H2. The number of aliphatic hydroxyl groups excluding tert-OH is 1. The van der Waals surface area contributed by atoms with Crippen LogP contribution in [-0.4, -0.2) is 39.3 Å². The third-order valence-corrected chi connectivity index (χ3v) is 4.33. The second-order valence-electron chi connectivity index (χ2n) is 5.12. The van der Waals surface area contributed by atoms with E-state index in [-0.39, 0.29) is 6.61 Å². The lowest BCUT2D eigenvalue weighted by atomic mass is 10.3. The van der Waals surface area contributed by atoms with Gasteiger partial charge in [-0.2, -0.15) is 4.98 Å². The lowest BCUT2D eigenvalue weighted by Gasteiger charge is -2.19. The fraction of sp³-hybridized carbons (Fsp3) is 0.571. The summed E-state index contributed by atoms with van der Waals surface area (Å²) in [5.41, 5.74) is 0. The van der Waals surface area contributed by atoms with Crippen LogP contribution in [0.25, 0.3) is 10.7 Å². The molecular formula is C14H19N3O2S. The van der Waals surface area contributed by atoms with Crippen LogP contribution in [-0.2, 0) is 6.54 Å². The van der Waals surface area contributed by atoms with Crippen molar-refractivity contribution in [3.8, 4) is 10.7 Å². The van der Waals surface area contributed by atoms with Crippen molar-refractivity contribution in [1.82, 2.24) is 15.0 Å². The molecule has 0 aliphatic heterocycles. The average Bonchev–Trinajstić information content (AvgIpc) is 2.97. The molecule has 5 nitrogen and oxygen atoms in total. The van der Waals surface area contributed by atoms with Gasteiger partial charge in [-0.3, -0.25) is 4.90 Å². The fourth-order valence-corrected chi connectivity index (χ4v) is 2.91. The van der Waals surface area contributed by atoms with Gasteiger partial charge in [0, 0.05) is 12.6 Å². The Morgan fingerprint density at radius 2 is 2.30 bits per heavy atom. The van der Waals surface area contributed by atoms with E-state index >= 15 is 0 Å². The van der Waals surface area contributed by atoms with Gasteiger partial charge in [0.15, 0.2) is 0 Å². The minimum atomic E-state index is 0.265. The summed E-state index contributed by atoms with van der Waals surface area (Å²) in [5, 5.41) is 14.9.